The third kappa shape index (κ3) is 6.79. The molecule has 0 heterocycles. The van der Waals surface area contributed by atoms with Crippen LogP contribution in [0.5, 0.6) is 0 Å². The summed E-state index contributed by atoms with van der Waals surface area (Å²) < 4.78 is 0. The molecule has 6 nitrogen and oxygen atoms in total. The maximum absolute atomic E-state index is 12.2. The van der Waals surface area contributed by atoms with E-state index in [1.54, 1.807) is 30.3 Å². The summed E-state index contributed by atoms with van der Waals surface area (Å²) in [6.45, 7) is 9.42. The van der Waals surface area contributed by atoms with Crippen LogP contribution in [0.15, 0.2) is 36.9 Å². The van der Waals surface area contributed by atoms with Gasteiger partial charge in [-0.15, -0.1) is 6.58 Å². The Hall–Kier alpha value is -2.63. The fourth-order valence-corrected chi connectivity index (χ4v) is 2.00. The van der Waals surface area contributed by atoms with Crippen molar-refractivity contribution < 1.29 is 19.5 Å². The Labute approximate surface area is 148 Å². The molecule has 0 aliphatic rings. The molecule has 25 heavy (non-hydrogen) atoms. The zero-order valence-electron chi connectivity index (χ0n) is 15.0. The number of benzene rings is 1. The number of nitrogens with one attached hydrogen (secondary N) is 2. The first kappa shape index (κ1) is 20.4. The van der Waals surface area contributed by atoms with Crippen LogP contribution in [0.4, 0.5) is 0 Å². The van der Waals surface area contributed by atoms with Crippen molar-refractivity contribution >= 4 is 17.8 Å². The van der Waals surface area contributed by atoms with Gasteiger partial charge in [-0.3, -0.25) is 9.59 Å². The molecule has 1 rings (SSSR count). The van der Waals surface area contributed by atoms with E-state index >= 15 is 0 Å². The van der Waals surface area contributed by atoms with E-state index in [1.165, 1.54) is 0 Å². The maximum Gasteiger partial charge on any atom is 0.326 e. The lowest BCUT2D eigenvalue weighted by Gasteiger charge is -2.17. The molecule has 0 spiro atoms. The second kappa shape index (κ2) is 9.01. The number of carboxylic acid groups (broad SMARTS) is 1. The van der Waals surface area contributed by atoms with E-state index < -0.39 is 23.3 Å². The zero-order chi connectivity index (χ0) is 19.0. The van der Waals surface area contributed by atoms with Crippen molar-refractivity contribution in [3.8, 4) is 0 Å². The number of carbonyl (C=O) groups is 3. The van der Waals surface area contributed by atoms with Crippen LogP contribution in [0, 0.1) is 5.41 Å². The Morgan fingerprint density at radius 1 is 1.20 bits per heavy atom. The average molecular weight is 346 g/mol. The summed E-state index contributed by atoms with van der Waals surface area (Å²) >= 11 is 0. The normalized spacial score (nSPS) is 12.1. The predicted octanol–water partition coefficient (Wildman–Crippen LogP) is 2.50. The molecule has 0 fully saturated rings. The molecule has 0 radical (unpaired) electrons. The molecule has 0 aliphatic carbocycles. The van der Waals surface area contributed by atoms with Gasteiger partial charge in [-0.2, -0.15) is 0 Å². The molecule has 0 aliphatic heterocycles. The van der Waals surface area contributed by atoms with Gasteiger partial charge in [0, 0.05) is 17.5 Å². The lowest BCUT2D eigenvalue weighted by Crippen LogP contribution is -2.40. The molecule has 6 heteroatoms. The minimum Gasteiger partial charge on any atom is -0.480 e. The summed E-state index contributed by atoms with van der Waals surface area (Å²) in [5.74, 6) is -1.57. The van der Waals surface area contributed by atoms with Gasteiger partial charge in [0.15, 0.2) is 0 Å². The molecule has 1 atom stereocenters. The summed E-state index contributed by atoms with van der Waals surface area (Å²) in [6.07, 6.45) is 2.41. The summed E-state index contributed by atoms with van der Waals surface area (Å²) in [7, 11) is 0. The van der Waals surface area contributed by atoms with Crippen LogP contribution in [0.3, 0.4) is 0 Å². The van der Waals surface area contributed by atoms with Crippen LogP contribution in [0.2, 0.25) is 0 Å². The number of carbonyl (C=O) groups excluding carboxylic acids is 2. The topological polar surface area (TPSA) is 95.5 Å². The first-order valence-electron chi connectivity index (χ1n) is 8.17. The Bertz CT molecular complexity index is 630. The number of aliphatic carboxylic acids is 1. The van der Waals surface area contributed by atoms with Crippen molar-refractivity contribution in [3.05, 3.63) is 48.0 Å². The third-order valence-electron chi connectivity index (χ3n) is 3.61. The highest BCUT2D eigenvalue weighted by molar-refractivity contribution is 5.96. The Kier molecular flexibility index (Phi) is 7.36. The van der Waals surface area contributed by atoms with Crippen LogP contribution in [0.25, 0.3) is 0 Å². The largest absolute Gasteiger partial charge is 0.480 e. The molecular weight excluding hydrogens is 320 g/mol. The van der Waals surface area contributed by atoms with E-state index in [4.69, 9.17) is 5.11 Å². The fraction of sp³-hybridized carbons (Fsp3) is 0.421. The summed E-state index contributed by atoms with van der Waals surface area (Å²) in [5.41, 5.74) is 0.767. The monoisotopic (exact) mass is 346 g/mol. The van der Waals surface area contributed by atoms with Gasteiger partial charge in [0.2, 0.25) is 5.91 Å². The minimum atomic E-state index is -1.07. The Morgan fingerprint density at radius 3 is 2.28 bits per heavy atom. The summed E-state index contributed by atoms with van der Waals surface area (Å²) in [6, 6.07) is 5.74. The molecule has 3 N–H and O–H groups in total. The van der Waals surface area contributed by atoms with E-state index in [0.29, 0.717) is 24.9 Å². The van der Waals surface area contributed by atoms with Crippen LogP contribution >= 0.6 is 0 Å². The second-order valence-electron chi connectivity index (χ2n) is 6.86. The summed E-state index contributed by atoms with van der Waals surface area (Å²) in [5, 5.41) is 14.5. The number of allylic oxidation sites excluding steroid dienone is 1. The van der Waals surface area contributed by atoms with E-state index in [2.05, 4.69) is 17.2 Å². The maximum atomic E-state index is 12.2. The number of amides is 2. The SMILES string of the molecule is C=CCCC(NC(=O)c1ccc(CNC(=O)C(C)(C)C)cc1)C(=O)O. The standard InChI is InChI=1S/C19H26N2O4/c1-5-6-7-15(17(23)24)21-16(22)14-10-8-13(9-11-14)12-20-18(25)19(2,3)4/h5,8-11,15H,1,6-7,12H2,2-4H3,(H,20,25)(H,21,22)(H,23,24). The average Bonchev–Trinajstić information content (AvgIpc) is 2.55. The lowest BCUT2D eigenvalue weighted by molar-refractivity contribution is -0.139. The predicted molar refractivity (Wildman–Crippen MR) is 96.1 cm³/mol. The molecule has 1 unspecified atom stereocenters. The van der Waals surface area contributed by atoms with Gasteiger partial charge in [-0.25, -0.2) is 4.79 Å². The molecule has 0 aromatic heterocycles. The van der Waals surface area contributed by atoms with Crippen molar-refractivity contribution in [2.45, 2.75) is 46.2 Å². The number of hydrogen-bond donors (Lipinski definition) is 3. The molecule has 136 valence electrons. The smallest absolute Gasteiger partial charge is 0.326 e. The van der Waals surface area contributed by atoms with Gasteiger partial charge in [-0.05, 0) is 30.5 Å². The molecule has 2 amide bonds. The van der Waals surface area contributed by atoms with Crippen molar-refractivity contribution in [3.63, 3.8) is 0 Å². The van der Waals surface area contributed by atoms with Gasteiger partial charge >= 0.3 is 5.97 Å². The highest BCUT2D eigenvalue weighted by Crippen LogP contribution is 2.13. The van der Waals surface area contributed by atoms with Crippen LogP contribution in [-0.2, 0) is 16.1 Å². The van der Waals surface area contributed by atoms with Crippen LogP contribution in [0.1, 0.15) is 49.5 Å². The molecule has 0 saturated heterocycles. The van der Waals surface area contributed by atoms with Crippen LogP contribution < -0.4 is 10.6 Å². The van der Waals surface area contributed by atoms with E-state index in [1.807, 2.05) is 20.8 Å². The van der Waals surface area contributed by atoms with Crippen molar-refractivity contribution in [1.29, 1.82) is 0 Å². The van der Waals surface area contributed by atoms with Crippen molar-refractivity contribution in [2.24, 2.45) is 5.41 Å². The van der Waals surface area contributed by atoms with Gasteiger partial charge in [-0.1, -0.05) is 39.0 Å². The first-order valence-corrected chi connectivity index (χ1v) is 8.17. The van der Waals surface area contributed by atoms with Crippen LogP contribution in [-0.4, -0.2) is 28.9 Å². The third-order valence-corrected chi connectivity index (χ3v) is 3.61. The van der Waals surface area contributed by atoms with E-state index in [9.17, 15) is 14.4 Å². The molecular formula is C19H26N2O4. The Balaban J connectivity index is 2.65. The Morgan fingerprint density at radius 2 is 1.80 bits per heavy atom. The van der Waals surface area contributed by atoms with E-state index in [0.717, 1.165) is 5.56 Å². The zero-order valence-corrected chi connectivity index (χ0v) is 15.0. The van der Waals surface area contributed by atoms with Crippen molar-refractivity contribution in [1.82, 2.24) is 10.6 Å². The first-order chi connectivity index (χ1) is 11.6. The number of hydrogen-bond acceptors (Lipinski definition) is 3. The number of carboxylic acids is 1. The quantitative estimate of drug-likeness (QED) is 0.630. The summed E-state index contributed by atoms with van der Waals surface area (Å²) in [4.78, 5) is 35.2. The van der Waals surface area contributed by atoms with Gasteiger partial charge in [0.1, 0.15) is 6.04 Å². The lowest BCUT2D eigenvalue weighted by atomic mass is 9.95. The molecule has 0 bridgehead atoms. The molecule has 0 saturated carbocycles. The fourth-order valence-electron chi connectivity index (χ4n) is 2.00. The second-order valence-corrected chi connectivity index (χ2v) is 6.86. The van der Waals surface area contributed by atoms with Gasteiger partial charge < -0.3 is 15.7 Å². The van der Waals surface area contributed by atoms with Crippen molar-refractivity contribution in [2.75, 3.05) is 0 Å². The highest BCUT2D eigenvalue weighted by atomic mass is 16.4. The highest BCUT2D eigenvalue weighted by Gasteiger charge is 2.21. The van der Waals surface area contributed by atoms with Gasteiger partial charge in [0.05, 0.1) is 0 Å². The molecule has 1 aromatic rings. The number of rotatable bonds is 8. The van der Waals surface area contributed by atoms with Gasteiger partial charge in [0.25, 0.3) is 5.91 Å². The molecule has 1 aromatic carbocycles. The van der Waals surface area contributed by atoms with E-state index in [-0.39, 0.29) is 5.91 Å². The minimum absolute atomic E-state index is 0.0548.